The van der Waals surface area contributed by atoms with E-state index in [2.05, 4.69) is 4.98 Å². The molecular formula is C19H20N2O4. The Hall–Kier alpha value is -3.07. The van der Waals surface area contributed by atoms with Crippen LogP contribution in [0.25, 0.3) is 0 Å². The van der Waals surface area contributed by atoms with Gasteiger partial charge in [0.05, 0.1) is 0 Å². The summed E-state index contributed by atoms with van der Waals surface area (Å²) in [5, 5.41) is 9.05. The van der Waals surface area contributed by atoms with Gasteiger partial charge in [0, 0.05) is 12.1 Å². The second-order valence-electron chi connectivity index (χ2n) is 5.55. The summed E-state index contributed by atoms with van der Waals surface area (Å²) < 4.78 is 10.6. The number of nitrogens with zero attached hydrogens (tertiary/aromatic N) is 1. The Kier molecular flexibility index (Phi) is 6.35. The molecule has 130 valence electrons. The maximum atomic E-state index is 11.9. The van der Waals surface area contributed by atoms with Gasteiger partial charge in [0.25, 0.3) is 5.56 Å². The molecule has 0 saturated carbocycles. The van der Waals surface area contributed by atoms with Gasteiger partial charge in [-0.15, -0.1) is 0 Å². The maximum absolute atomic E-state index is 11.9. The minimum absolute atomic E-state index is 0.0882. The van der Waals surface area contributed by atoms with Gasteiger partial charge >= 0.3 is 5.97 Å². The zero-order valence-electron chi connectivity index (χ0n) is 14.3. The largest absolute Gasteiger partial charge is 0.490 e. The number of aromatic nitrogens is 1. The number of carbonyl (C=O) groups excluding carboxylic acids is 1. The topological polar surface area (TPSA) is 92.2 Å². The van der Waals surface area contributed by atoms with E-state index in [9.17, 15) is 9.59 Å². The molecule has 1 aromatic carbocycles. The third-order valence-corrected chi connectivity index (χ3v) is 3.86. The van der Waals surface area contributed by atoms with Gasteiger partial charge in [0.1, 0.15) is 30.6 Å². The smallest absolute Gasteiger partial charge is 0.306 e. The summed E-state index contributed by atoms with van der Waals surface area (Å²) in [6, 6.07) is 11.2. The van der Waals surface area contributed by atoms with E-state index < -0.39 is 5.56 Å². The quantitative estimate of drug-likeness (QED) is 0.617. The summed E-state index contributed by atoms with van der Waals surface area (Å²) in [6.07, 6.45) is 0.575. The second-order valence-corrected chi connectivity index (χ2v) is 5.55. The van der Waals surface area contributed by atoms with Crippen LogP contribution in [0.5, 0.6) is 5.75 Å². The predicted octanol–water partition coefficient (Wildman–Crippen LogP) is 2.42. The number of hydrogen-bond acceptors (Lipinski definition) is 5. The van der Waals surface area contributed by atoms with Crippen molar-refractivity contribution in [1.29, 1.82) is 5.26 Å². The molecule has 1 aromatic heterocycles. The van der Waals surface area contributed by atoms with Crippen molar-refractivity contribution in [3.05, 3.63) is 63.1 Å². The lowest BCUT2D eigenvalue weighted by atomic mass is 9.99. The van der Waals surface area contributed by atoms with Crippen molar-refractivity contribution in [3.8, 4) is 11.8 Å². The van der Waals surface area contributed by atoms with E-state index in [4.69, 9.17) is 14.7 Å². The van der Waals surface area contributed by atoms with E-state index in [0.717, 1.165) is 11.3 Å². The Labute approximate surface area is 146 Å². The normalized spacial score (nSPS) is 10.1. The number of pyridine rings is 1. The highest BCUT2D eigenvalue weighted by molar-refractivity contribution is 5.69. The van der Waals surface area contributed by atoms with Gasteiger partial charge in [-0.25, -0.2) is 0 Å². The predicted molar refractivity (Wildman–Crippen MR) is 92.5 cm³/mol. The third-order valence-electron chi connectivity index (χ3n) is 3.86. The Morgan fingerprint density at radius 1 is 1.20 bits per heavy atom. The van der Waals surface area contributed by atoms with Gasteiger partial charge in [-0.2, -0.15) is 5.26 Å². The van der Waals surface area contributed by atoms with E-state index in [1.165, 1.54) is 0 Å². The first kappa shape index (κ1) is 18.3. The van der Waals surface area contributed by atoms with E-state index >= 15 is 0 Å². The molecule has 0 unspecified atom stereocenters. The zero-order valence-corrected chi connectivity index (χ0v) is 14.3. The molecule has 0 radical (unpaired) electrons. The van der Waals surface area contributed by atoms with Gasteiger partial charge in [-0.3, -0.25) is 9.59 Å². The molecule has 0 bridgehead atoms. The number of para-hydroxylation sites is 1. The van der Waals surface area contributed by atoms with Crippen LogP contribution >= 0.6 is 0 Å². The molecule has 0 aliphatic carbocycles. The Bertz CT molecular complexity index is 835. The molecule has 6 nitrogen and oxygen atoms in total. The number of H-pyrrole nitrogens is 1. The Morgan fingerprint density at radius 3 is 2.60 bits per heavy atom. The number of rotatable bonds is 7. The molecule has 2 aromatic rings. The summed E-state index contributed by atoms with van der Waals surface area (Å²) in [6.45, 7) is 3.92. The third kappa shape index (κ3) is 4.95. The molecule has 0 fully saturated rings. The highest BCUT2D eigenvalue weighted by atomic mass is 16.6. The molecule has 2 rings (SSSR count). The molecule has 0 atom stereocenters. The first-order valence-corrected chi connectivity index (χ1v) is 7.99. The van der Waals surface area contributed by atoms with E-state index in [1.807, 2.05) is 36.4 Å². The van der Waals surface area contributed by atoms with Gasteiger partial charge in [-0.05, 0) is 43.5 Å². The van der Waals surface area contributed by atoms with Crippen LogP contribution < -0.4 is 10.3 Å². The van der Waals surface area contributed by atoms with Crippen LogP contribution in [0.3, 0.4) is 0 Å². The highest BCUT2D eigenvalue weighted by Crippen LogP contribution is 2.15. The number of esters is 1. The van der Waals surface area contributed by atoms with Crippen molar-refractivity contribution in [2.24, 2.45) is 0 Å². The SMILES string of the molecule is Cc1[nH]c(=O)c(C#N)c(C)c1CCC(=O)OCCOc1ccccc1. The first-order chi connectivity index (χ1) is 12.0. The molecule has 0 amide bonds. The van der Waals surface area contributed by atoms with E-state index in [-0.39, 0.29) is 31.2 Å². The molecule has 0 spiro atoms. The van der Waals surface area contributed by atoms with Gasteiger partial charge in [0.15, 0.2) is 0 Å². The summed E-state index contributed by atoms with van der Waals surface area (Å²) in [7, 11) is 0. The Balaban J connectivity index is 1.82. The average molecular weight is 340 g/mol. The zero-order chi connectivity index (χ0) is 18.2. The fraction of sp³-hybridized carbons (Fsp3) is 0.316. The van der Waals surface area contributed by atoms with Crippen LogP contribution in [0.1, 0.15) is 28.8 Å². The van der Waals surface area contributed by atoms with Crippen molar-refractivity contribution in [2.75, 3.05) is 13.2 Å². The fourth-order valence-corrected chi connectivity index (χ4v) is 2.55. The number of nitriles is 1. The second kappa shape index (κ2) is 8.69. The molecule has 0 aliphatic heterocycles. The van der Waals surface area contributed by atoms with Crippen LogP contribution in [-0.2, 0) is 16.0 Å². The van der Waals surface area contributed by atoms with Crippen molar-refractivity contribution < 1.29 is 14.3 Å². The molecule has 25 heavy (non-hydrogen) atoms. The molecule has 0 saturated heterocycles. The lowest BCUT2D eigenvalue weighted by molar-refractivity contribution is -0.144. The van der Waals surface area contributed by atoms with Crippen molar-refractivity contribution in [3.63, 3.8) is 0 Å². The van der Waals surface area contributed by atoms with Crippen molar-refractivity contribution in [1.82, 2.24) is 4.98 Å². The fourth-order valence-electron chi connectivity index (χ4n) is 2.55. The minimum Gasteiger partial charge on any atom is -0.490 e. The van der Waals surface area contributed by atoms with Crippen LogP contribution in [0, 0.1) is 25.2 Å². The lowest BCUT2D eigenvalue weighted by Gasteiger charge is -2.11. The summed E-state index contributed by atoms with van der Waals surface area (Å²) in [4.78, 5) is 26.2. The monoisotopic (exact) mass is 340 g/mol. The van der Waals surface area contributed by atoms with Crippen molar-refractivity contribution >= 4 is 5.97 Å². The average Bonchev–Trinajstić information content (AvgIpc) is 2.59. The lowest BCUT2D eigenvalue weighted by Crippen LogP contribution is -2.18. The van der Waals surface area contributed by atoms with Gasteiger partial charge in [0.2, 0.25) is 0 Å². The summed E-state index contributed by atoms with van der Waals surface area (Å²) in [5.41, 5.74) is 1.77. The van der Waals surface area contributed by atoms with Gasteiger partial charge < -0.3 is 14.5 Å². The summed E-state index contributed by atoms with van der Waals surface area (Å²) >= 11 is 0. The molecule has 1 heterocycles. The van der Waals surface area contributed by atoms with Crippen LogP contribution in [0.15, 0.2) is 35.1 Å². The van der Waals surface area contributed by atoms with Crippen LogP contribution in [-0.4, -0.2) is 24.2 Å². The molecular weight excluding hydrogens is 320 g/mol. The number of hydrogen-bond donors (Lipinski definition) is 1. The van der Waals surface area contributed by atoms with Crippen LogP contribution in [0.4, 0.5) is 0 Å². The molecule has 1 N–H and O–H groups in total. The molecule has 6 heteroatoms. The Morgan fingerprint density at radius 2 is 1.92 bits per heavy atom. The number of carbonyl (C=O) groups is 1. The molecule has 0 aliphatic rings. The number of aryl methyl sites for hydroxylation is 1. The van der Waals surface area contributed by atoms with Crippen molar-refractivity contribution in [2.45, 2.75) is 26.7 Å². The number of benzene rings is 1. The van der Waals surface area contributed by atoms with Crippen LogP contribution in [0.2, 0.25) is 0 Å². The summed E-state index contributed by atoms with van der Waals surface area (Å²) in [5.74, 6) is 0.377. The van der Waals surface area contributed by atoms with E-state index in [1.54, 1.807) is 13.8 Å². The van der Waals surface area contributed by atoms with Gasteiger partial charge in [-0.1, -0.05) is 18.2 Å². The standard InChI is InChI=1S/C19H20N2O4/c1-13-16(14(2)21-19(23)17(13)12-20)8-9-18(22)25-11-10-24-15-6-4-3-5-7-15/h3-7H,8-11H2,1-2H3,(H,21,23). The number of ether oxygens (including phenoxy) is 2. The highest BCUT2D eigenvalue weighted by Gasteiger charge is 2.13. The number of nitrogens with one attached hydrogen (secondary N) is 1. The minimum atomic E-state index is -0.401. The number of aromatic amines is 1. The first-order valence-electron chi connectivity index (χ1n) is 7.99. The van der Waals surface area contributed by atoms with E-state index in [0.29, 0.717) is 17.7 Å². The maximum Gasteiger partial charge on any atom is 0.306 e.